The van der Waals surface area contributed by atoms with Crippen molar-refractivity contribution in [3.8, 4) is 0 Å². The van der Waals surface area contributed by atoms with Gasteiger partial charge in [-0.05, 0) is 11.8 Å². The molecular formula is C11H23ClN2O2. The van der Waals surface area contributed by atoms with Crippen LogP contribution in [0.1, 0.15) is 20.3 Å². The largest absolute Gasteiger partial charge is 0.383 e. The van der Waals surface area contributed by atoms with Gasteiger partial charge in [0.05, 0.1) is 6.61 Å². The van der Waals surface area contributed by atoms with Gasteiger partial charge in [0.2, 0.25) is 5.91 Å². The summed E-state index contributed by atoms with van der Waals surface area (Å²) in [4.78, 5) is 11.5. The first-order chi connectivity index (χ1) is 7.08. The van der Waals surface area contributed by atoms with Gasteiger partial charge in [0, 0.05) is 32.7 Å². The lowest BCUT2D eigenvalue weighted by molar-refractivity contribution is -0.122. The van der Waals surface area contributed by atoms with Crippen LogP contribution in [0, 0.1) is 11.3 Å². The van der Waals surface area contributed by atoms with Crippen LogP contribution in [0.4, 0.5) is 0 Å². The van der Waals surface area contributed by atoms with Gasteiger partial charge in [0.25, 0.3) is 0 Å². The summed E-state index contributed by atoms with van der Waals surface area (Å²) in [6.07, 6.45) is 1.02. The van der Waals surface area contributed by atoms with Crippen LogP contribution in [0.5, 0.6) is 0 Å². The van der Waals surface area contributed by atoms with E-state index in [2.05, 4.69) is 24.5 Å². The predicted octanol–water partition coefficient (Wildman–Crippen LogP) is 0.806. The third-order valence-electron chi connectivity index (χ3n) is 2.91. The molecule has 0 saturated heterocycles. The fraction of sp³-hybridized carbons (Fsp3) is 0.909. The molecule has 5 heteroatoms. The molecule has 0 heterocycles. The zero-order chi connectivity index (χ0) is 11.3. The number of halogens is 1. The molecule has 1 aliphatic rings. The quantitative estimate of drug-likeness (QED) is 0.658. The second-order valence-electron chi connectivity index (χ2n) is 4.78. The van der Waals surface area contributed by atoms with Crippen molar-refractivity contribution in [3.05, 3.63) is 0 Å². The van der Waals surface area contributed by atoms with Crippen molar-refractivity contribution < 1.29 is 9.53 Å². The van der Waals surface area contributed by atoms with E-state index in [-0.39, 0.29) is 29.6 Å². The van der Waals surface area contributed by atoms with E-state index in [0.29, 0.717) is 13.2 Å². The van der Waals surface area contributed by atoms with Gasteiger partial charge in [0.1, 0.15) is 0 Å². The summed E-state index contributed by atoms with van der Waals surface area (Å²) in [5, 5.41) is 6.12. The predicted molar refractivity (Wildman–Crippen MR) is 66.9 cm³/mol. The van der Waals surface area contributed by atoms with E-state index in [4.69, 9.17) is 4.74 Å². The highest BCUT2D eigenvalue weighted by Crippen LogP contribution is 2.51. The van der Waals surface area contributed by atoms with Crippen LogP contribution < -0.4 is 10.6 Å². The minimum atomic E-state index is 0. The number of carbonyl (C=O) groups excluding carboxylic acids is 1. The van der Waals surface area contributed by atoms with Crippen molar-refractivity contribution in [2.75, 3.05) is 33.4 Å². The molecule has 0 aromatic rings. The van der Waals surface area contributed by atoms with Gasteiger partial charge in [-0.2, -0.15) is 0 Å². The van der Waals surface area contributed by atoms with Crippen molar-refractivity contribution >= 4 is 18.3 Å². The highest BCUT2D eigenvalue weighted by Gasteiger charge is 2.50. The molecule has 1 amide bonds. The van der Waals surface area contributed by atoms with E-state index in [1.807, 2.05) is 0 Å². The SMILES string of the molecule is COCCNCCNC(=O)C1CC1(C)C.Cl. The lowest BCUT2D eigenvalue weighted by Gasteiger charge is -2.07. The van der Waals surface area contributed by atoms with Crippen molar-refractivity contribution in [3.63, 3.8) is 0 Å². The van der Waals surface area contributed by atoms with Crippen molar-refractivity contribution in [2.45, 2.75) is 20.3 Å². The summed E-state index contributed by atoms with van der Waals surface area (Å²) in [6.45, 7) is 7.32. The number of amides is 1. The summed E-state index contributed by atoms with van der Waals surface area (Å²) in [5.74, 6) is 0.435. The number of rotatable bonds is 7. The van der Waals surface area contributed by atoms with E-state index in [1.54, 1.807) is 7.11 Å². The first kappa shape index (κ1) is 15.7. The molecule has 1 aliphatic carbocycles. The molecule has 0 bridgehead atoms. The minimum absolute atomic E-state index is 0. The normalized spacial score (nSPS) is 21.1. The Bertz CT molecular complexity index is 222. The number of hydrogen-bond acceptors (Lipinski definition) is 3. The molecule has 0 aromatic heterocycles. The van der Waals surface area contributed by atoms with Gasteiger partial charge in [-0.15, -0.1) is 12.4 Å². The molecule has 1 saturated carbocycles. The van der Waals surface area contributed by atoms with Gasteiger partial charge in [-0.1, -0.05) is 13.8 Å². The molecular weight excluding hydrogens is 228 g/mol. The fourth-order valence-electron chi connectivity index (χ4n) is 1.61. The maximum Gasteiger partial charge on any atom is 0.223 e. The molecule has 4 nitrogen and oxygen atoms in total. The lowest BCUT2D eigenvalue weighted by atomic mass is 10.1. The smallest absolute Gasteiger partial charge is 0.223 e. The fourth-order valence-corrected chi connectivity index (χ4v) is 1.61. The second kappa shape index (κ2) is 7.09. The van der Waals surface area contributed by atoms with E-state index >= 15 is 0 Å². The Morgan fingerprint density at radius 3 is 2.50 bits per heavy atom. The van der Waals surface area contributed by atoms with Crippen molar-refractivity contribution in [1.82, 2.24) is 10.6 Å². The highest BCUT2D eigenvalue weighted by atomic mass is 35.5. The van der Waals surface area contributed by atoms with E-state index in [9.17, 15) is 4.79 Å². The minimum Gasteiger partial charge on any atom is -0.383 e. The topological polar surface area (TPSA) is 50.4 Å². The molecule has 2 N–H and O–H groups in total. The van der Waals surface area contributed by atoms with Crippen LogP contribution in [0.15, 0.2) is 0 Å². The first-order valence-electron chi connectivity index (χ1n) is 5.55. The van der Waals surface area contributed by atoms with Crippen LogP contribution >= 0.6 is 12.4 Å². The van der Waals surface area contributed by atoms with E-state index in [1.165, 1.54) is 0 Å². The molecule has 96 valence electrons. The van der Waals surface area contributed by atoms with Crippen LogP contribution in [0.2, 0.25) is 0 Å². The van der Waals surface area contributed by atoms with E-state index in [0.717, 1.165) is 19.5 Å². The third kappa shape index (κ3) is 5.14. The Hall–Kier alpha value is -0.320. The maximum atomic E-state index is 11.5. The maximum absolute atomic E-state index is 11.5. The van der Waals surface area contributed by atoms with Gasteiger partial charge in [-0.25, -0.2) is 0 Å². The van der Waals surface area contributed by atoms with Gasteiger partial charge < -0.3 is 15.4 Å². The summed E-state index contributed by atoms with van der Waals surface area (Å²) < 4.78 is 4.90. The Morgan fingerprint density at radius 1 is 1.38 bits per heavy atom. The zero-order valence-corrected chi connectivity index (χ0v) is 11.2. The van der Waals surface area contributed by atoms with Gasteiger partial charge in [-0.3, -0.25) is 4.79 Å². The Labute approximate surface area is 104 Å². The monoisotopic (exact) mass is 250 g/mol. The van der Waals surface area contributed by atoms with Crippen molar-refractivity contribution in [2.24, 2.45) is 11.3 Å². The van der Waals surface area contributed by atoms with Gasteiger partial charge in [0.15, 0.2) is 0 Å². The zero-order valence-electron chi connectivity index (χ0n) is 10.3. The highest BCUT2D eigenvalue weighted by molar-refractivity contribution is 5.85. The summed E-state index contributed by atoms with van der Waals surface area (Å²) >= 11 is 0. The average Bonchev–Trinajstić information content (AvgIpc) is 2.81. The Balaban J connectivity index is 0.00000225. The number of nitrogens with one attached hydrogen (secondary N) is 2. The average molecular weight is 251 g/mol. The van der Waals surface area contributed by atoms with Crippen LogP contribution in [-0.2, 0) is 9.53 Å². The van der Waals surface area contributed by atoms with Crippen LogP contribution in [-0.4, -0.2) is 39.3 Å². The standard InChI is InChI=1S/C11H22N2O2.ClH/c1-11(2)8-9(11)10(14)13-5-4-12-6-7-15-3;/h9,12H,4-8H2,1-3H3,(H,13,14);1H. The second-order valence-corrected chi connectivity index (χ2v) is 4.78. The molecule has 1 atom stereocenters. The molecule has 16 heavy (non-hydrogen) atoms. The number of ether oxygens (including phenoxy) is 1. The molecule has 1 rings (SSSR count). The van der Waals surface area contributed by atoms with E-state index < -0.39 is 0 Å². The number of carbonyl (C=O) groups is 1. The molecule has 0 aliphatic heterocycles. The molecule has 1 fully saturated rings. The molecule has 1 unspecified atom stereocenters. The third-order valence-corrected chi connectivity index (χ3v) is 2.91. The summed E-state index contributed by atoms with van der Waals surface area (Å²) in [6, 6.07) is 0. The number of hydrogen-bond donors (Lipinski definition) is 2. The molecule has 0 aromatic carbocycles. The first-order valence-corrected chi connectivity index (χ1v) is 5.55. The Kier molecular flexibility index (Phi) is 6.95. The van der Waals surface area contributed by atoms with Crippen LogP contribution in [0.3, 0.4) is 0 Å². The molecule has 0 radical (unpaired) electrons. The number of methoxy groups -OCH3 is 1. The van der Waals surface area contributed by atoms with Crippen LogP contribution in [0.25, 0.3) is 0 Å². The Morgan fingerprint density at radius 2 is 2.00 bits per heavy atom. The van der Waals surface area contributed by atoms with Crippen molar-refractivity contribution in [1.29, 1.82) is 0 Å². The lowest BCUT2D eigenvalue weighted by Crippen LogP contribution is -2.34. The molecule has 0 spiro atoms. The summed E-state index contributed by atoms with van der Waals surface area (Å²) in [5.41, 5.74) is 0.230. The van der Waals surface area contributed by atoms with Gasteiger partial charge >= 0.3 is 0 Å². The summed E-state index contributed by atoms with van der Waals surface area (Å²) in [7, 11) is 1.68.